The summed E-state index contributed by atoms with van der Waals surface area (Å²) in [6, 6.07) is 0.0345. The Morgan fingerprint density at radius 2 is 2.27 bits per heavy atom. The monoisotopic (exact) mass is 215 g/mol. The van der Waals surface area contributed by atoms with Gasteiger partial charge in [-0.25, -0.2) is 4.79 Å². The highest BCUT2D eigenvalue weighted by molar-refractivity contribution is 5.67. The molecular formula is C11H21NO3. The molecule has 0 aromatic rings. The van der Waals surface area contributed by atoms with E-state index < -0.39 is 6.09 Å². The summed E-state index contributed by atoms with van der Waals surface area (Å²) < 4.78 is 10.1. The van der Waals surface area contributed by atoms with Gasteiger partial charge < -0.3 is 14.8 Å². The third-order valence-electron chi connectivity index (χ3n) is 1.81. The molecular weight excluding hydrogens is 194 g/mol. The lowest BCUT2D eigenvalue weighted by Gasteiger charge is -2.17. The highest BCUT2D eigenvalue weighted by atomic mass is 16.5. The van der Waals surface area contributed by atoms with Crippen LogP contribution >= 0.6 is 0 Å². The number of alkyl carbamates (subject to hydrolysis) is 1. The molecule has 88 valence electrons. The smallest absolute Gasteiger partial charge is 0.407 e. The van der Waals surface area contributed by atoms with Crippen LogP contribution in [0.2, 0.25) is 0 Å². The van der Waals surface area contributed by atoms with Gasteiger partial charge in [0.15, 0.2) is 0 Å². The van der Waals surface area contributed by atoms with E-state index in [1.54, 1.807) is 0 Å². The maximum Gasteiger partial charge on any atom is 0.407 e. The van der Waals surface area contributed by atoms with Gasteiger partial charge in [-0.2, -0.15) is 0 Å². The van der Waals surface area contributed by atoms with E-state index in [-0.39, 0.29) is 12.6 Å². The molecule has 0 saturated heterocycles. The van der Waals surface area contributed by atoms with Crippen molar-refractivity contribution in [2.75, 3.05) is 19.8 Å². The Labute approximate surface area is 91.6 Å². The van der Waals surface area contributed by atoms with Crippen LogP contribution in [-0.4, -0.2) is 32.0 Å². The van der Waals surface area contributed by atoms with Gasteiger partial charge in [0.25, 0.3) is 0 Å². The maximum absolute atomic E-state index is 11.2. The SMILES string of the molecule is C=CCOC(=O)NC(CCC)COCC. The predicted molar refractivity (Wildman–Crippen MR) is 59.9 cm³/mol. The Hall–Kier alpha value is -1.03. The third kappa shape index (κ3) is 8.00. The molecule has 0 aliphatic heterocycles. The molecule has 0 rings (SSSR count). The summed E-state index contributed by atoms with van der Waals surface area (Å²) >= 11 is 0. The number of carbonyl (C=O) groups excluding carboxylic acids is 1. The summed E-state index contributed by atoms with van der Waals surface area (Å²) in [5.41, 5.74) is 0. The van der Waals surface area contributed by atoms with Gasteiger partial charge in [0.1, 0.15) is 6.61 Å². The molecule has 0 saturated carbocycles. The summed E-state index contributed by atoms with van der Waals surface area (Å²) in [6.45, 7) is 8.89. The Balaban J connectivity index is 3.80. The molecule has 4 nitrogen and oxygen atoms in total. The van der Waals surface area contributed by atoms with Crippen molar-refractivity contribution in [3.05, 3.63) is 12.7 Å². The van der Waals surface area contributed by atoms with Crippen LogP contribution in [-0.2, 0) is 9.47 Å². The van der Waals surface area contributed by atoms with Crippen molar-refractivity contribution in [2.45, 2.75) is 32.7 Å². The van der Waals surface area contributed by atoms with E-state index in [0.717, 1.165) is 12.8 Å². The highest BCUT2D eigenvalue weighted by Gasteiger charge is 2.11. The van der Waals surface area contributed by atoms with E-state index in [0.29, 0.717) is 13.2 Å². The number of amides is 1. The lowest BCUT2D eigenvalue weighted by atomic mass is 10.2. The van der Waals surface area contributed by atoms with E-state index in [2.05, 4.69) is 18.8 Å². The van der Waals surface area contributed by atoms with E-state index in [1.165, 1.54) is 6.08 Å². The first kappa shape index (κ1) is 14.0. The molecule has 0 heterocycles. The van der Waals surface area contributed by atoms with Crippen LogP contribution in [0.15, 0.2) is 12.7 Å². The van der Waals surface area contributed by atoms with Crippen molar-refractivity contribution in [3.63, 3.8) is 0 Å². The molecule has 1 N–H and O–H groups in total. The van der Waals surface area contributed by atoms with E-state index in [1.807, 2.05) is 6.92 Å². The normalized spacial score (nSPS) is 11.9. The van der Waals surface area contributed by atoms with Crippen molar-refractivity contribution >= 4 is 6.09 Å². The summed E-state index contributed by atoms with van der Waals surface area (Å²) in [6.07, 6.45) is 3.02. The standard InChI is InChI=1S/C11H21NO3/c1-4-7-10(9-14-6-3)12-11(13)15-8-5-2/h5,10H,2,4,6-9H2,1,3H3,(H,12,13). The highest BCUT2D eigenvalue weighted by Crippen LogP contribution is 1.98. The molecule has 0 radical (unpaired) electrons. The van der Waals surface area contributed by atoms with Crippen molar-refractivity contribution < 1.29 is 14.3 Å². The zero-order valence-electron chi connectivity index (χ0n) is 9.62. The predicted octanol–water partition coefficient (Wildman–Crippen LogP) is 2.10. The largest absolute Gasteiger partial charge is 0.445 e. The third-order valence-corrected chi connectivity index (χ3v) is 1.81. The molecule has 1 atom stereocenters. The first-order chi connectivity index (χ1) is 7.24. The van der Waals surface area contributed by atoms with Crippen LogP contribution in [0.1, 0.15) is 26.7 Å². The molecule has 0 fully saturated rings. The van der Waals surface area contributed by atoms with E-state index in [4.69, 9.17) is 9.47 Å². The molecule has 4 heteroatoms. The van der Waals surface area contributed by atoms with Gasteiger partial charge >= 0.3 is 6.09 Å². The minimum absolute atomic E-state index is 0.0345. The fourth-order valence-electron chi connectivity index (χ4n) is 1.15. The van der Waals surface area contributed by atoms with E-state index >= 15 is 0 Å². The van der Waals surface area contributed by atoms with Crippen LogP contribution in [0.3, 0.4) is 0 Å². The minimum Gasteiger partial charge on any atom is -0.445 e. The minimum atomic E-state index is -0.409. The second-order valence-corrected chi connectivity index (χ2v) is 3.18. The Kier molecular flexibility index (Phi) is 8.87. The fourth-order valence-corrected chi connectivity index (χ4v) is 1.15. The first-order valence-corrected chi connectivity index (χ1v) is 5.36. The van der Waals surface area contributed by atoms with Crippen molar-refractivity contribution in [2.24, 2.45) is 0 Å². The van der Waals surface area contributed by atoms with Gasteiger partial charge in [0.05, 0.1) is 12.6 Å². The Morgan fingerprint density at radius 1 is 1.53 bits per heavy atom. The average Bonchev–Trinajstić information content (AvgIpc) is 2.23. The fraction of sp³-hybridized carbons (Fsp3) is 0.727. The van der Waals surface area contributed by atoms with Crippen LogP contribution in [0.5, 0.6) is 0 Å². The molecule has 0 aromatic carbocycles. The van der Waals surface area contributed by atoms with Crippen molar-refractivity contribution in [1.82, 2.24) is 5.32 Å². The van der Waals surface area contributed by atoms with Crippen LogP contribution in [0, 0.1) is 0 Å². The molecule has 0 aliphatic carbocycles. The second kappa shape index (κ2) is 9.52. The van der Waals surface area contributed by atoms with Gasteiger partial charge in [0, 0.05) is 6.61 Å². The Bertz CT molecular complexity index is 183. The first-order valence-electron chi connectivity index (χ1n) is 5.36. The van der Waals surface area contributed by atoms with Gasteiger partial charge in [-0.1, -0.05) is 26.0 Å². The number of ether oxygens (including phenoxy) is 2. The molecule has 0 bridgehead atoms. The molecule has 15 heavy (non-hydrogen) atoms. The van der Waals surface area contributed by atoms with Gasteiger partial charge in [0.2, 0.25) is 0 Å². The average molecular weight is 215 g/mol. The Morgan fingerprint density at radius 3 is 2.80 bits per heavy atom. The summed E-state index contributed by atoms with van der Waals surface area (Å²) in [7, 11) is 0. The van der Waals surface area contributed by atoms with Gasteiger partial charge in [-0.3, -0.25) is 0 Å². The van der Waals surface area contributed by atoms with Crippen LogP contribution in [0.25, 0.3) is 0 Å². The van der Waals surface area contributed by atoms with Crippen molar-refractivity contribution in [3.8, 4) is 0 Å². The quantitative estimate of drug-likeness (QED) is 0.631. The number of rotatable bonds is 8. The number of hydrogen-bond donors (Lipinski definition) is 1. The van der Waals surface area contributed by atoms with Crippen LogP contribution < -0.4 is 5.32 Å². The van der Waals surface area contributed by atoms with E-state index in [9.17, 15) is 4.79 Å². The molecule has 0 spiro atoms. The molecule has 0 aromatic heterocycles. The lowest BCUT2D eigenvalue weighted by Crippen LogP contribution is -2.38. The van der Waals surface area contributed by atoms with Gasteiger partial charge in [-0.05, 0) is 13.3 Å². The summed E-state index contributed by atoms with van der Waals surface area (Å²) in [5.74, 6) is 0. The molecule has 1 amide bonds. The number of nitrogens with one attached hydrogen (secondary N) is 1. The maximum atomic E-state index is 11.2. The zero-order valence-corrected chi connectivity index (χ0v) is 9.62. The lowest BCUT2D eigenvalue weighted by molar-refractivity contribution is 0.108. The molecule has 1 unspecified atom stereocenters. The number of carbonyl (C=O) groups is 1. The zero-order chi connectivity index (χ0) is 11.5. The summed E-state index contributed by atoms with van der Waals surface area (Å²) in [5, 5.41) is 2.75. The van der Waals surface area contributed by atoms with Crippen molar-refractivity contribution in [1.29, 1.82) is 0 Å². The van der Waals surface area contributed by atoms with Gasteiger partial charge in [-0.15, -0.1) is 0 Å². The second-order valence-electron chi connectivity index (χ2n) is 3.18. The molecule has 0 aliphatic rings. The van der Waals surface area contributed by atoms with Crippen LogP contribution in [0.4, 0.5) is 4.79 Å². The topological polar surface area (TPSA) is 47.6 Å². The summed E-state index contributed by atoms with van der Waals surface area (Å²) in [4.78, 5) is 11.2. The number of hydrogen-bond acceptors (Lipinski definition) is 3.